The highest BCUT2D eigenvalue weighted by Gasteiger charge is 2.30. The van der Waals surface area contributed by atoms with Crippen molar-refractivity contribution in [3.63, 3.8) is 0 Å². The number of ether oxygens (including phenoxy) is 3. The summed E-state index contributed by atoms with van der Waals surface area (Å²) >= 11 is 1.16. The van der Waals surface area contributed by atoms with Crippen molar-refractivity contribution in [2.75, 3.05) is 12.4 Å². The Morgan fingerprint density at radius 3 is 2.34 bits per heavy atom. The Hall–Kier alpha value is -3.98. The van der Waals surface area contributed by atoms with Crippen molar-refractivity contribution in [1.29, 1.82) is 0 Å². The summed E-state index contributed by atoms with van der Waals surface area (Å²) in [5.41, 5.74) is -0.214. The number of nitrogens with one attached hydrogen (secondary N) is 3. The lowest BCUT2D eigenvalue weighted by Gasteiger charge is -2.24. The van der Waals surface area contributed by atoms with Crippen LogP contribution in [0.3, 0.4) is 0 Å². The molecule has 15 heteroatoms. The number of hydrogen-bond donors (Lipinski definition) is 3. The molecule has 50 heavy (non-hydrogen) atoms. The van der Waals surface area contributed by atoms with Crippen molar-refractivity contribution in [3.8, 4) is 0 Å². The van der Waals surface area contributed by atoms with Gasteiger partial charge in [-0.2, -0.15) is 0 Å². The first-order chi connectivity index (χ1) is 23.2. The van der Waals surface area contributed by atoms with E-state index in [1.165, 1.54) is 31.3 Å². The largest absolute Gasteiger partial charge is 0.466 e. The summed E-state index contributed by atoms with van der Waals surface area (Å²) in [6, 6.07) is 2.59. The molecule has 278 valence electrons. The zero-order valence-electron chi connectivity index (χ0n) is 31.0. The molecule has 3 amide bonds. The molecule has 1 aromatic heterocycles. The second-order valence-electron chi connectivity index (χ2n) is 14.0. The number of nitrogens with zero attached hydrogens (tertiary/aromatic N) is 1. The van der Waals surface area contributed by atoms with Crippen LogP contribution in [0, 0.1) is 5.92 Å². The van der Waals surface area contributed by atoms with Crippen LogP contribution in [0.2, 0.25) is 25.7 Å². The standard InChI is InChI=1S/C35H54N4O9SSi/c1-11-28(38-31(42)25-15-16-36-26(20-25)22-37-34(45)48-35(5,6)7)32(43)39-30(23(2)3)33(44)47-27(14-12-13-18-49-24(4)40)21-29(41)46-17-19-50(8,9)10/h11-12,14-16,20,23,27,30H,13,17-19,21-22H2,1-10H3,(H,37,45)(H,38,42)(H,39,43). The monoisotopic (exact) mass is 734 g/mol. The SMILES string of the molecule is CC=C(NC(=O)c1ccnc(CNC(=O)OC(C)(C)C)c1)C(=O)NC(C(=O)OC(C=CCCSC(C)=O)CC(=O)OCC[Si](C)(C)C)C(C)C. The molecule has 0 fully saturated rings. The van der Waals surface area contributed by atoms with Crippen LogP contribution in [0.1, 0.15) is 77.4 Å². The lowest BCUT2D eigenvalue weighted by atomic mass is 10.0. The van der Waals surface area contributed by atoms with Crippen molar-refractivity contribution in [2.24, 2.45) is 5.92 Å². The van der Waals surface area contributed by atoms with Crippen LogP contribution < -0.4 is 16.0 Å². The Morgan fingerprint density at radius 1 is 1.08 bits per heavy atom. The minimum atomic E-state index is -1.43. The van der Waals surface area contributed by atoms with E-state index < -0.39 is 61.6 Å². The van der Waals surface area contributed by atoms with Crippen LogP contribution in [0.25, 0.3) is 0 Å². The molecule has 0 saturated carbocycles. The third-order valence-corrected chi connectivity index (χ3v) is 9.12. The van der Waals surface area contributed by atoms with Crippen LogP contribution in [0.5, 0.6) is 0 Å². The Bertz CT molecular complexity index is 1400. The molecule has 13 nitrogen and oxygen atoms in total. The molecule has 0 radical (unpaired) electrons. The number of pyridine rings is 1. The molecular weight excluding hydrogens is 681 g/mol. The Kier molecular flexibility index (Phi) is 18.7. The molecule has 2 unspecified atom stereocenters. The van der Waals surface area contributed by atoms with Gasteiger partial charge in [0.1, 0.15) is 23.4 Å². The fraction of sp³-hybridized carbons (Fsp3) is 0.571. The number of alkyl carbamates (subject to hydrolysis) is 1. The number of aromatic nitrogens is 1. The average Bonchev–Trinajstić information content (AvgIpc) is 2.99. The first-order valence-corrected chi connectivity index (χ1v) is 21.3. The molecular formula is C35H54N4O9SSi. The van der Waals surface area contributed by atoms with Crippen LogP contribution >= 0.6 is 11.8 Å². The van der Waals surface area contributed by atoms with E-state index in [-0.39, 0.29) is 35.9 Å². The third-order valence-electron chi connectivity index (χ3n) is 6.57. The summed E-state index contributed by atoms with van der Waals surface area (Å²) in [4.78, 5) is 79.8. The van der Waals surface area contributed by atoms with Crippen molar-refractivity contribution >= 4 is 54.8 Å². The van der Waals surface area contributed by atoms with Gasteiger partial charge in [0.15, 0.2) is 5.12 Å². The number of hydrogen-bond acceptors (Lipinski definition) is 11. The van der Waals surface area contributed by atoms with Gasteiger partial charge < -0.3 is 30.2 Å². The highest BCUT2D eigenvalue weighted by atomic mass is 32.2. The maximum Gasteiger partial charge on any atom is 0.407 e. The number of rotatable bonds is 18. The van der Waals surface area contributed by atoms with E-state index in [1.54, 1.807) is 53.7 Å². The lowest BCUT2D eigenvalue weighted by molar-refractivity contribution is -0.156. The molecule has 0 spiro atoms. The van der Waals surface area contributed by atoms with E-state index in [0.717, 1.165) is 17.8 Å². The average molecular weight is 735 g/mol. The molecule has 0 aliphatic carbocycles. The number of thioether (sulfide) groups is 1. The Labute approximate surface area is 301 Å². The number of esters is 2. The van der Waals surface area contributed by atoms with E-state index in [2.05, 4.69) is 40.6 Å². The molecule has 0 aromatic carbocycles. The van der Waals surface area contributed by atoms with E-state index in [0.29, 0.717) is 17.9 Å². The molecule has 1 heterocycles. The fourth-order valence-electron chi connectivity index (χ4n) is 3.95. The van der Waals surface area contributed by atoms with Gasteiger partial charge in [-0.15, -0.1) is 0 Å². The lowest BCUT2D eigenvalue weighted by Crippen LogP contribution is -2.48. The van der Waals surface area contributed by atoms with Gasteiger partial charge in [-0.1, -0.05) is 57.4 Å². The van der Waals surface area contributed by atoms with Gasteiger partial charge in [-0.3, -0.25) is 24.2 Å². The van der Waals surface area contributed by atoms with Gasteiger partial charge in [0.2, 0.25) is 0 Å². The highest BCUT2D eigenvalue weighted by molar-refractivity contribution is 8.13. The van der Waals surface area contributed by atoms with Crippen molar-refractivity contribution < 1.29 is 43.0 Å². The van der Waals surface area contributed by atoms with E-state index >= 15 is 0 Å². The van der Waals surface area contributed by atoms with Crippen LogP contribution in [0.4, 0.5) is 4.79 Å². The summed E-state index contributed by atoms with van der Waals surface area (Å²) in [6.07, 6.45) is 4.80. The quantitative estimate of drug-likeness (QED) is 0.0446. The van der Waals surface area contributed by atoms with Crippen LogP contribution in [-0.2, 0) is 39.9 Å². The molecule has 3 N–H and O–H groups in total. The number of allylic oxidation sites excluding steroid dienone is 2. The van der Waals surface area contributed by atoms with Gasteiger partial charge in [0, 0.05) is 32.5 Å². The summed E-state index contributed by atoms with van der Waals surface area (Å²) in [5, 5.41) is 7.76. The summed E-state index contributed by atoms with van der Waals surface area (Å²) in [6.45, 7) is 18.5. The van der Waals surface area contributed by atoms with Crippen LogP contribution in [0.15, 0.2) is 42.3 Å². The molecule has 2 atom stereocenters. The smallest absolute Gasteiger partial charge is 0.407 e. The second kappa shape index (κ2) is 21.3. The van der Waals surface area contributed by atoms with Crippen molar-refractivity contribution in [3.05, 3.63) is 53.5 Å². The van der Waals surface area contributed by atoms with Gasteiger partial charge in [0.25, 0.3) is 11.8 Å². The summed E-state index contributed by atoms with van der Waals surface area (Å²) in [5.74, 6) is -2.52. The van der Waals surface area contributed by atoms with Gasteiger partial charge in [-0.25, -0.2) is 9.59 Å². The number of carbonyl (C=O) groups excluding carboxylic acids is 6. The molecule has 0 saturated heterocycles. The van der Waals surface area contributed by atoms with E-state index in [4.69, 9.17) is 14.2 Å². The third kappa shape index (κ3) is 19.3. The first-order valence-electron chi connectivity index (χ1n) is 16.6. The zero-order valence-corrected chi connectivity index (χ0v) is 32.8. The van der Waals surface area contributed by atoms with Crippen molar-refractivity contribution in [1.82, 2.24) is 20.9 Å². The Morgan fingerprint density at radius 2 is 1.76 bits per heavy atom. The van der Waals surface area contributed by atoms with Gasteiger partial charge in [0.05, 0.1) is 25.3 Å². The molecule has 1 aromatic rings. The van der Waals surface area contributed by atoms with Crippen molar-refractivity contribution in [2.45, 2.75) is 111 Å². The van der Waals surface area contributed by atoms with E-state index in [1.807, 2.05) is 0 Å². The molecule has 0 aliphatic rings. The number of amides is 3. The maximum atomic E-state index is 13.4. The summed E-state index contributed by atoms with van der Waals surface area (Å²) < 4.78 is 16.3. The predicted molar refractivity (Wildman–Crippen MR) is 196 cm³/mol. The zero-order chi connectivity index (χ0) is 38.1. The second-order valence-corrected chi connectivity index (χ2v) is 20.9. The fourth-order valence-corrected chi connectivity index (χ4v) is 5.20. The number of carbonyl (C=O) groups is 6. The van der Waals surface area contributed by atoms with Gasteiger partial charge >= 0.3 is 18.0 Å². The molecule has 0 aliphatic heterocycles. The predicted octanol–water partition coefficient (Wildman–Crippen LogP) is 5.29. The molecule has 0 bridgehead atoms. The minimum Gasteiger partial charge on any atom is -0.466 e. The molecule has 1 rings (SSSR count). The summed E-state index contributed by atoms with van der Waals surface area (Å²) in [7, 11) is -1.43. The van der Waals surface area contributed by atoms with E-state index in [9.17, 15) is 28.8 Å². The minimum absolute atomic E-state index is 0.00885. The topological polar surface area (TPSA) is 179 Å². The normalized spacial score (nSPS) is 13.3. The first kappa shape index (κ1) is 44.0. The Balaban J connectivity index is 2.97. The van der Waals surface area contributed by atoms with Crippen LogP contribution in [-0.4, -0.2) is 78.1 Å². The highest BCUT2D eigenvalue weighted by Crippen LogP contribution is 2.14. The maximum absolute atomic E-state index is 13.4. The van der Waals surface area contributed by atoms with Gasteiger partial charge in [-0.05, 0) is 64.3 Å².